The van der Waals surface area contributed by atoms with Gasteiger partial charge in [0.05, 0.1) is 11.2 Å². The third-order valence-corrected chi connectivity index (χ3v) is 3.70. The zero-order valence-corrected chi connectivity index (χ0v) is 12.4. The number of benzene rings is 1. The number of carboxylic acid groups (broad SMARTS) is 1. The monoisotopic (exact) mass is 296 g/mol. The number of nitrogens with zero attached hydrogens (tertiary/aromatic N) is 2. The normalized spacial score (nSPS) is 10.8. The van der Waals surface area contributed by atoms with Gasteiger partial charge in [0.1, 0.15) is 18.1 Å². The van der Waals surface area contributed by atoms with E-state index in [1.165, 1.54) is 0 Å². The minimum Gasteiger partial charge on any atom is -0.485 e. The molecule has 5 heteroatoms. The van der Waals surface area contributed by atoms with E-state index in [0.29, 0.717) is 12.4 Å². The molecule has 0 fully saturated rings. The van der Waals surface area contributed by atoms with E-state index in [4.69, 9.17) is 4.74 Å². The van der Waals surface area contributed by atoms with Gasteiger partial charge in [0.25, 0.3) is 0 Å². The lowest BCUT2D eigenvalue weighted by Crippen LogP contribution is -2.05. The van der Waals surface area contributed by atoms with Crippen LogP contribution in [0.2, 0.25) is 0 Å². The summed E-state index contributed by atoms with van der Waals surface area (Å²) in [6.45, 7) is 2.29. The van der Waals surface area contributed by atoms with Crippen LogP contribution in [-0.2, 0) is 13.7 Å². The minimum absolute atomic E-state index is 0.243. The number of aryl methyl sites for hydroxylation is 2. The van der Waals surface area contributed by atoms with Crippen LogP contribution in [0.5, 0.6) is 5.75 Å². The summed E-state index contributed by atoms with van der Waals surface area (Å²) >= 11 is 0. The highest BCUT2D eigenvalue weighted by Gasteiger charge is 2.16. The molecule has 2 heterocycles. The van der Waals surface area contributed by atoms with Crippen LogP contribution >= 0.6 is 0 Å². The van der Waals surface area contributed by atoms with Gasteiger partial charge in [0.2, 0.25) is 0 Å². The molecule has 0 saturated carbocycles. The van der Waals surface area contributed by atoms with Gasteiger partial charge in [-0.15, -0.1) is 0 Å². The van der Waals surface area contributed by atoms with E-state index in [9.17, 15) is 9.90 Å². The minimum atomic E-state index is -0.950. The molecule has 0 amide bonds. The first kappa shape index (κ1) is 14.1. The molecular formula is C17H16N2O3. The second-order valence-corrected chi connectivity index (χ2v) is 5.15. The van der Waals surface area contributed by atoms with E-state index >= 15 is 0 Å². The van der Waals surface area contributed by atoms with E-state index < -0.39 is 5.97 Å². The zero-order chi connectivity index (χ0) is 15.7. The molecular weight excluding hydrogens is 280 g/mol. The van der Waals surface area contributed by atoms with Crippen LogP contribution in [0.15, 0.2) is 42.6 Å². The van der Waals surface area contributed by atoms with E-state index in [-0.39, 0.29) is 5.69 Å². The highest BCUT2D eigenvalue weighted by molar-refractivity contribution is 5.98. The number of ether oxygens (including phenoxy) is 1. The van der Waals surface area contributed by atoms with Gasteiger partial charge >= 0.3 is 5.97 Å². The second-order valence-electron chi connectivity index (χ2n) is 5.15. The van der Waals surface area contributed by atoms with Crippen molar-refractivity contribution in [3.63, 3.8) is 0 Å². The molecule has 3 rings (SSSR count). The fourth-order valence-electron chi connectivity index (χ4n) is 2.53. The summed E-state index contributed by atoms with van der Waals surface area (Å²) in [4.78, 5) is 15.5. The van der Waals surface area contributed by atoms with Crippen molar-refractivity contribution in [3.8, 4) is 5.75 Å². The Balaban J connectivity index is 2.03. The van der Waals surface area contributed by atoms with Crippen molar-refractivity contribution in [2.24, 2.45) is 7.05 Å². The van der Waals surface area contributed by atoms with Gasteiger partial charge in [-0.1, -0.05) is 12.1 Å². The average molecular weight is 296 g/mol. The molecule has 0 aliphatic rings. The van der Waals surface area contributed by atoms with Crippen LogP contribution < -0.4 is 4.74 Å². The summed E-state index contributed by atoms with van der Waals surface area (Å²) in [6.07, 6.45) is 1.72. The van der Waals surface area contributed by atoms with E-state index in [1.54, 1.807) is 23.9 Å². The molecule has 1 N–H and O–H groups in total. The summed E-state index contributed by atoms with van der Waals surface area (Å²) in [5.74, 6) is -0.296. The first-order valence-electron chi connectivity index (χ1n) is 6.93. The van der Waals surface area contributed by atoms with E-state index in [1.807, 2.05) is 37.3 Å². The molecule has 0 atom stereocenters. The smallest absolute Gasteiger partial charge is 0.352 e. The molecule has 5 nitrogen and oxygen atoms in total. The topological polar surface area (TPSA) is 64.3 Å². The maximum absolute atomic E-state index is 11.3. The lowest BCUT2D eigenvalue weighted by atomic mass is 10.1. The van der Waals surface area contributed by atoms with Crippen molar-refractivity contribution in [2.45, 2.75) is 13.5 Å². The van der Waals surface area contributed by atoms with Crippen molar-refractivity contribution in [1.82, 2.24) is 9.55 Å². The molecule has 3 aromatic rings. The third-order valence-electron chi connectivity index (χ3n) is 3.70. The van der Waals surface area contributed by atoms with Crippen LogP contribution in [0.3, 0.4) is 0 Å². The number of aromatic nitrogens is 2. The number of pyridine rings is 1. The Labute approximate surface area is 127 Å². The molecule has 1 aromatic carbocycles. The van der Waals surface area contributed by atoms with Crippen LogP contribution in [0.1, 0.15) is 21.7 Å². The summed E-state index contributed by atoms with van der Waals surface area (Å²) < 4.78 is 7.51. The Morgan fingerprint density at radius 2 is 2.14 bits per heavy atom. The highest BCUT2D eigenvalue weighted by Crippen LogP contribution is 2.31. The van der Waals surface area contributed by atoms with Crippen molar-refractivity contribution in [1.29, 1.82) is 0 Å². The fraction of sp³-hybridized carbons (Fsp3) is 0.176. The van der Waals surface area contributed by atoms with Gasteiger partial charge in [0, 0.05) is 18.6 Å². The average Bonchev–Trinajstić information content (AvgIpc) is 2.87. The number of carboxylic acids is 1. The number of hydrogen-bond acceptors (Lipinski definition) is 3. The van der Waals surface area contributed by atoms with Gasteiger partial charge in [-0.3, -0.25) is 4.98 Å². The molecule has 0 unspecified atom stereocenters. The number of carbonyl (C=O) groups is 1. The maximum atomic E-state index is 11.3. The van der Waals surface area contributed by atoms with Gasteiger partial charge in [-0.2, -0.15) is 0 Å². The van der Waals surface area contributed by atoms with Crippen LogP contribution in [0.25, 0.3) is 10.9 Å². The van der Waals surface area contributed by atoms with Gasteiger partial charge in [-0.05, 0) is 36.8 Å². The van der Waals surface area contributed by atoms with E-state index in [2.05, 4.69) is 4.98 Å². The molecule has 22 heavy (non-hydrogen) atoms. The number of aromatic carboxylic acids is 1. The third kappa shape index (κ3) is 2.41. The van der Waals surface area contributed by atoms with Crippen LogP contribution in [0.4, 0.5) is 0 Å². The second kappa shape index (κ2) is 5.52. The Morgan fingerprint density at radius 3 is 2.82 bits per heavy atom. The first-order chi connectivity index (χ1) is 10.6. The van der Waals surface area contributed by atoms with Crippen molar-refractivity contribution >= 4 is 16.9 Å². The Kier molecular flexibility index (Phi) is 3.55. The molecule has 2 aromatic heterocycles. The van der Waals surface area contributed by atoms with Crippen LogP contribution in [0, 0.1) is 6.92 Å². The predicted molar refractivity (Wildman–Crippen MR) is 83.2 cm³/mol. The standard InChI is InChI=1S/C17H16N2O3/c1-11-6-7-15(22-10-12-5-3-4-8-18-12)16-13(11)9-14(17(20)21)19(16)2/h3-9H,10H2,1-2H3,(H,20,21). The zero-order valence-electron chi connectivity index (χ0n) is 12.4. The lowest BCUT2D eigenvalue weighted by Gasteiger charge is -2.10. The quantitative estimate of drug-likeness (QED) is 0.803. The summed E-state index contributed by atoms with van der Waals surface area (Å²) in [6, 6.07) is 11.1. The summed E-state index contributed by atoms with van der Waals surface area (Å²) in [5, 5.41) is 10.2. The highest BCUT2D eigenvalue weighted by atomic mass is 16.5. The molecule has 0 aliphatic carbocycles. The van der Waals surface area contributed by atoms with Gasteiger partial charge in [0.15, 0.2) is 0 Å². The molecule has 0 spiro atoms. The Morgan fingerprint density at radius 1 is 1.32 bits per heavy atom. The number of rotatable bonds is 4. The molecule has 112 valence electrons. The Bertz CT molecular complexity index is 838. The molecule has 0 radical (unpaired) electrons. The van der Waals surface area contributed by atoms with Gasteiger partial charge < -0.3 is 14.4 Å². The van der Waals surface area contributed by atoms with Gasteiger partial charge in [-0.25, -0.2) is 4.79 Å². The molecule has 0 bridgehead atoms. The number of fused-ring (bicyclic) bond motifs is 1. The van der Waals surface area contributed by atoms with Crippen LogP contribution in [-0.4, -0.2) is 20.6 Å². The summed E-state index contributed by atoms with van der Waals surface area (Å²) in [7, 11) is 1.73. The Hall–Kier alpha value is -2.82. The van der Waals surface area contributed by atoms with E-state index in [0.717, 1.165) is 22.2 Å². The summed E-state index contributed by atoms with van der Waals surface area (Å²) in [5.41, 5.74) is 2.87. The SMILES string of the molecule is Cc1ccc(OCc2ccccn2)c2c1cc(C(=O)O)n2C. The largest absolute Gasteiger partial charge is 0.485 e. The number of hydrogen-bond donors (Lipinski definition) is 1. The maximum Gasteiger partial charge on any atom is 0.352 e. The fourth-order valence-corrected chi connectivity index (χ4v) is 2.53. The lowest BCUT2D eigenvalue weighted by molar-refractivity contribution is 0.0687. The van der Waals surface area contributed by atoms with Crippen molar-refractivity contribution in [2.75, 3.05) is 0 Å². The predicted octanol–water partition coefficient (Wildman–Crippen LogP) is 3.16. The molecule has 0 saturated heterocycles. The van der Waals surface area contributed by atoms with Crippen molar-refractivity contribution < 1.29 is 14.6 Å². The first-order valence-corrected chi connectivity index (χ1v) is 6.93. The van der Waals surface area contributed by atoms with Crippen molar-refractivity contribution in [3.05, 3.63) is 59.5 Å². The molecule has 0 aliphatic heterocycles.